The molecule has 1 heterocycles. The molecule has 5 heteroatoms. The van der Waals surface area contributed by atoms with Crippen LogP contribution in [0.15, 0.2) is 52.0 Å². The van der Waals surface area contributed by atoms with E-state index in [0.29, 0.717) is 17.4 Å². The van der Waals surface area contributed by atoms with E-state index < -0.39 is 5.60 Å². The maximum Gasteiger partial charge on any atom is 0.290 e. The summed E-state index contributed by atoms with van der Waals surface area (Å²) in [5, 5.41) is 10.8. The number of hydrogen-bond donors (Lipinski definition) is 1. The third-order valence-corrected chi connectivity index (χ3v) is 3.70. The minimum Gasteiger partial charge on any atom is -0.445 e. The Morgan fingerprint density at radius 2 is 1.91 bits per heavy atom. The third-order valence-electron chi connectivity index (χ3n) is 3.07. The van der Waals surface area contributed by atoms with Crippen molar-refractivity contribution in [1.82, 2.24) is 4.90 Å². The lowest BCUT2D eigenvalue weighted by Gasteiger charge is -2.28. The Bertz CT molecular complexity index is 616. The molecular weight excluding hydrogens is 298 g/mol. The molecule has 0 atom stereocenters. The van der Waals surface area contributed by atoms with Crippen LogP contribution in [-0.2, 0) is 6.54 Å². The first-order valence-electron chi connectivity index (χ1n) is 7.08. The predicted octanol–water partition coefficient (Wildman–Crippen LogP) is 3.41. The molecule has 0 aliphatic heterocycles. The molecule has 2 aromatic rings. The molecule has 0 radical (unpaired) electrons. The number of aliphatic hydroxyl groups is 1. The van der Waals surface area contributed by atoms with Crippen LogP contribution < -0.4 is 0 Å². The highest BCUT2D eigenvalue weighted by atomic mass is 32.2. The van der Waals surface area contributed by atoms with Crippen molar-refractivity contribution in [2.45, 2.75) is 31.1 Å². The quantitative estimate of drug-likeness (QED) is 0.829. The molecule has 0 aliphatic rings. The van der Waals surface area contributed by atoms with Gasteiger partial charge in [0.15, 0.2) is 10.9 Å². The van der Waals surface area contributed by atoms with Gasteiger partial charge in [-0.1, -0.05) is 42.1 Å². The average molecular weight is 319 g/mol. The van der Waals surface area contributed by atoms with Crippen LogP contribution in [0.2, 0.25) is 0 Å². The summed E-state index contributed by atoms with van der Waals surface area (Å²) >= 11 is 1.45. The maximum absolute atomic E-state index is 12.7. The second-order valence-electron chi connectivity index (χ2n) is 5.78. The molecule has 4 nitrogen and oxygen atoms in total. The van der Waals surface area contributed by atoms with Crippen molar-refractivity contribution in [2.75, 3.05) is 12.8 Å². The van der Waals surface area contributed by atoms with Gasteiger partial charge >= 0.3 is 0 Å². The summed E-state index contributed by atoms with van der Waals surface area (Å²) in [6, 6.07) is 13.2. The number of carbonyl (C=O) groups is 1. The highest BCUT2D eigenvalue weighted by Gasteiger charge is 2.25. The van der Waals surface area contributed by atoms with E-state index in [2.05, 4.69) is 0 Å². The molecule has 2 rings (SSSR count). The van der Waals surface area contributed by atoms with Crippen molar-refractivity contribution >= 4 is 17.7 Å². The van der Waals surface area contributed by atoms with Gasteiger partial charge in [0.25, 0.3) is 5.91 Å². The minimum atomic E-state index is -0.973. The molecule has 0 unspecified atom stereocenters. The SMILES string of the molecule is CSc1ccc(C(=O)N(Cc2ccccc2)CC(C)(C)O)o1. The van der Waals surface area contributed by atoms with Gasteiger partial charge < -0.3 is 14.4 Å². The Hall–Kier alpha value is -1.72. The van der Waals surface area contributed by atoms with Crippen molar-refractivity contribution in [2.24, 2.45) is 0 Å². The summed E-state index contributed by atoms with van der Waals surface area (Å²) in [7, 11) is 0. The van der Waals surface area contributed by atoms with Crippen LogP contribution in [0.4, 0.5) is 0 Å². The van der Waals surface area contributed by atoms with Crippen LogP contribution in [0.3, 0.4) is 0 Å². The number of nitrogens with zero attached hydrogens (tertiary/aromatic N) is 1. The number of amides is 1. The van der Waals surface area contributed by atoms with Gasteiger partial charge in [-0.15, -0.1) is 0 Å². The van der Waals surface area contributed by atoms with E-state index in [1.807, 2.05) is 36.6 Å². The Morgan fingerprint density at radius 3 is 2.45 bits per heavy atom. The van der Waals surface area contributed by atoms with Gasteiger partial charge in [-0.3, -0.25) is 4.79 Å². The molecule has 0 spiro atoms. The zero-order chi connectivity index (χ0) is 16.2. The Labute approximate surface area is 135 Å². The predicted molar refractivity (Wildman–Crippen MR) is 88.0 cm³/mol. The number of thioether (sulfide) groups is 1. The largest absolute Gasteiger partial charge is 0.445 e. The molecular formula is C17H21NO3S. The first-order chi connectivity index (χ1) is 10.4. The lowest BCUT2D eigenvalue weighted by molar-refractivity contribution is 0.0261. The van der Waals surface area contributed by atoms with Crippen LogP contribution in [0.25, 0.3) is 0 Å². The zero-order valence-electron chi connectivity index (χ0n) is 13.1. The van der Waals surface area contributed by atoms with E-state index in [-0.39, 0.29) is 12.5 Å². The fourth-order valence-corrected chi connectivity index (χ4v) is 2.55. The lowest BCUT2D eigenvalue weighted by atomic mass is 10.1. The molecule has 1 amide bonds. The van der Waals surface area contributed by atoms with E-state index >= 15 is 0 Å². The highest BCUT2D eigenvalue weighted by molar-refractivity contribution is 7.98. The molecule has 0 aliphatic carbocycles. The average Bonchev–Trinajstić information content (AvgIpc) is 2.94. The molecule has 118 valence electrons. The van der Waals surface area contributed by atoms with Gasteiger partial charge in [0.1, 0.15) is 0 Å². The number of rotatable bonds is 6. The Kier molecular flexibility index (Phi) is 5.32. The van der Waals surface area contributed by atoms with E-state index in [1.165, 1.54) is 11.8 Å². The fraction of sp³-hybridized carbons (Fsp3) is 0.353. The molecule has 0 fully saturated rings. The first kappa shape index (κ1) is 16.6. The normalized spacial score (nSPS) is 11.5. The van der Waals surface area contributed by atoms with Gasteiger partial charge in [-0.05, 0) is 37.8 Å². The van der Waals surface area contributed by atoms with E-state index in [0.717, 1.165) is 5.56 Å². The van der Waals surface area contributed by atoms with Crippen LogP contribution in [0.1, 0.15) is 30.0 Å². The number of furan rings is 1. The van der Waals surface area contributed by atoms with E-state index in [4.69, 9.17) is 4.42 Å². The molecule has 1 aromatic carbocycles. The lowest BCUT2D eigenvalue weighted by Crippen LogP contribution is -2.41. The zero-order valence-corrected chi connectivity index (χ0v) is 13.9. The summed E-state index contributed by atoms with van der Waals surface area (Å²) in [5.41, 5.74) is 0.0380. The van der Waals surface area contributed by atoms with E-state index in [9.17, 15) is 9.90 Å². The number of benzene rings is 1. The summed E-state index contributed by atoms with van der Waals surface area (Å²) in [6.07, 6.45) is 1.89. The highest BCUT2D eigenvalue weighted by Crippen LogP contribution is 2.21. The van der Waals surface area contributed by atoms with Crippen LogP contribution in [-0.4, -0.2) is 34.3 Å². The smallest absolute Gasteiger partial charge is 0.290 e. The van der Waals surface area contributed by atoms with Crippen molar-refractivity contribution in [1.29, 1.82) is 0 Å². The Balaban J connectivity index is 2.21. The molecule has 0 saturated heterocycles. The van der Waals surface area contributed by atoms with Crippen molar-refractivity contribution in [3.8, 4) is 0 Å². The molecule has 1 N–H and O–H groups in total. The van der Waals surface area contributed by atoms with Crippen LogP contribution >= 0.6 is 11.8 Å². The molecule has 0 bridgehead atoms. The van der Waals surface area contributed by atoms with Gasteiger partial charge in [-0.2, -0.15) is 0 Å². The van der Waals surface area contributed by atoms with Gasteiger partial charge in [0.05, 0.1) is 5.60 Å². The third kappa shape index (κ3) is 4.64. The Morgan fingerprint density at radius 1 is 1.23 bits per heavy atom. The number of carbonyl (C=O) groups excluding carboxylic acids is 1. The van der Waals surface area contributed by atoms with Crippen LogP contribution in [0.5, 0.6) is 0 Å². The van der Waals surface area contributed by atoms with Crippen molar-refractivity contribution in [3.63, 3.8) is 0 Å². The monoisotopic (exact) mass is 319 g/mol. The van der Waals surface area contributed by atoms with Crippen molar-refractivity contribution in [3.05, 3.63) is 53.8 Å². The van der Waals surface area contributed by atoms with Gasteiger partial charge in [0, 0.05) is 13.1 Å². The fourth-order valence-electron chi connectivity index (χ4n) is 2.17. The summed E-state index contributed by atoms with van der Waals surface area (Å²) < 4.78 is 5.52. The first-order valence-corrected chi connectivity index (χ1v) is 8.31. The minimum absolute atomic E-state index is 0.216. The van der Waals surface area contributed by atoms with Crippen molar-refractivity contribution < 1.29 is 14.3 Å². The summed E-state index contributed by atoms with van der Waals surface area (Å²) in [4.78, 5) is 14.3. The standard InChI is InChI=1S/C17H21NO3S/c1-17(2,20)12-18(11-13-7-5-4-6-8-13)16(19)14-9-10-15(21-14)22-3/h4-10,20H,11-12H2,1-3H3. The van der Waals surface area contributed by atoms with Gasteiger partial charge in [-0.25, -0.2) is 0 Å². The molecule has 1 aromatic heterocycles. The number of hydrogen-bond acceptors (Lipinski definition) is 4. The second kappa shape index (κ2) is 7.03. The van der Waals surface area contributed by atoms with Crippen LogP contribution in [0, 0.1) is 0 Å². The topological polar surface area (TPSA) is 53.7 Å². The summed E-state index contributed by atoms with van der Waals surface area (Å²) in [5.74, 6) is 0.0795. The van der Waals surface area contributed by atoms with Gasteiger partial charge in [0.2, 0.25) is 0 Å². The molecule has 22 heavy (non-hydrogen) atoms. The van der Waals surface area contributed by atoms with E-state index in [1.54, 1.807) is 30.9 Å². The maximum atomic E-state index is 12.7. The summed E-state index contributed by atoms with van der Waals surface area (Å²) in [6.45, 7) is 4.04. The molecule has 0 saturated carbocycles. The second-order valence-corrected chi connectivity index (χ2v) is 6.59.